The highest BCUT2D eigenvalue weighted by Gasteiger charge is 2.15. The van der Waals surface area contributed by atoms with Gasteiger partial charge in [0.05, 0.1) is 0 Å². The van der Waals surface area contributed by atoms with E-state index in [4.69, 9.17) is 0 Å². The number of amides is 3. The lowest BCUT2D eigenvalue weighted by atomic mass is 9.96. The number of nitrogens with one attached hydrogen (secondary N) is 3. The molecule has 2 aliphatic rings. The van der Waals surface area contributed by atoms with Gasteiger partial charge in [-0.15, -0.1) is 0 Å². The normalized spacial score (nSPS) is 18.5. The van der Waals surface area contributed by atoms with Crippen molar-refractivity contribution in [1.82, 2.24) is 25.8 Å². The standard InChI is InChI=1S/C24H39N5O2/c1-28-13-15-29(16-14-28)19-21-8-5-7-20(17-21)18-26-23(30)11-6-12-25-24(31)27-22-9-3-2-4-10-22/h5,7-8,17,22H,2-4,6,9-16,18-19H2,1H3,(H,26,30)(H2,25,27,31). The molecule has 0 bridgehead atoms. The summed E-state index contributed by atoms with van der Waals surface area (Å²) in [5.41, 5.74) is 2.43. The van der Waals surface area contributed by atoms with Crippen LogP contribution >= 0.6 is 0 Å². The highest BCUT2D eigenvalue weighted by atomic mass is 16.2. The zero-order chi connectivity index (χ0) is 21.9. The molecule has 3 rings (SSSR count). The average Bonchev–Trinajstić information content (AvgIpc) is 2.78. The fourth-order valence-electron chi connectivity index (χ4n) is 4.33. The molecular formula is C24H39N5O2. The van der Waals surface area contributed by atoms with Crippen LogP contribution in [0.4, 0.5) is 4.79 Å². The molecule has 1 heterocycles. The molecular weight excluding hydrogens is 390 g/mol. The molecule has 3 N–H and O–H groups in total. The Morgan fingerprint density at radius 2 is 1.74 bits per heavy atom. The number of carbonyl (C=O) groups is 2. The fourth-order valence-corrected chi connectivity index (χ4v) is 4.33. The highest BCUT2D eigenvalue weighted by molar-refractivity contribution is 5.76. The molecule has 1 aromatic rings. The molecule has 0 unspecified atom stereocenters. The van der Waals surface area contributed by atoms with E-state index in [9.17, 15) is 9.59 Å². The Kier molecular flexibility index (Phi) is 9.62. The molecule has 0 aromatic heterocycles. The van der Waals surface area contributed by atoms with Crippen LogP contribution in [-0.2, 0) is 17.9 Å². The average molecular weight is 430 g/mol. The number of urea groups is 1. The van der Waals surface area contributed by atoms with Gasteiger partial charge in [0.15, 0.2) is 0 Å². The second-order valence-corrected chi connectivity index (χ2v) is 9.01. The lowest BCUT2D eigenvalue weighted by Gasteiger charge is -2.32. The minimum Gasteiger partial charge on any atom is -0.352 e. The molecule has 0 spiro atoms. The molecule has 1 saturated heterocycles. The number of benzene rings is 1. The monoisotopic (exact) mass is 429 g/mol. The molecule has 7 nitrogen and oxygen atoms in total. The lowest BCUT2D eigenvalue weighted by Crippen LogP contribution is -2.43. The quantitative estimate of drug-likeness (QED) is 0.527. The van der Waals surface area contributed by atoms with E-state index in [0.717, 1.165) is 51.1 Å². The van der Waals surface area contributed by atoms with E-state index in [1.807, 2.05) is 0 Å². The minimum absolute atomic E-state index is 0.0268. The lowest BCUT2D eigenvalue weighted by molar-refractivity contribution is -0.121. The van der Waals surface area contributed by atoms with E-state index >= 15 is 0 Å². The van der Waals surface area contributed by atoms with Crippen LogP contribution < -0.4 is 16.0 Å². The molecule has 1 aromatic carbocycles. The van der Waals surface area contributed by atoms with Gasteiger partial charge in [-0.25, -0.2) is 4.79 Å². The molecule has 1 aliphatic heterocycles. The van der Waals surface area contributed by atoms with Gasteiger partial charge in [0.1, 0.15) is 0 Å². The Morgan fingerprint density at radius 3 is 2.52 bits per heavy atom. The Labute approximate surface area is 186 Å². The summed E-state index contributed by atoms with van der Waals surface area (Å²) < 4.78 is 0. The Balaban J connectivity index is 1.28. The summed E-state index contributed by atoms with van der Waals surface area (Å²) in [5, 5.41) is 8.91. The maximum Gasteiger partial charge on any atom is 0.315 e. The zero-order valence-electron chi connectivity index (χ0n) is 19.0. The van der Waals surface area contributed by atoms with Crippen molar-refractivity contribution in [3.8, 4) is 0 Å². The third-order valence-corrected chi connectivity index (χ3v) is 6.29. The van der Waals surface area contributed by atoms with Crippen LogP contribution in [0.3, 0.4) is 0 Å². The smallest absolute Gasteiger partial charge is 0.315 e. The van der Waals surface area contributed by atoms with Crippen molar-refractivity contribution in [1.29, 1.82) is 0 Å². The van der Waals surface area contributed by atoms with Gasteiger partial charge in [-0.3, -0.25) is 9.69 Å². The van der Waals surface area contributed by atoms with Crippen LogP contribution in [0.2, 0.25) is 0 Å². The summed E-state index contributed by atoms with van der Waals surface area (Å²) in [6.45, 7) is 6.47. The third-order valence-electron chi connectivity index (χ3n) is 6.29. The van der Waals surface area contributed by atoms with Crippen molar-refractivity contribution < 1.29 is 9.59 Å². The number of rotatable bonds is 9. The summed E-state index contributed by atoms with van der Waals surface area (Å²) in [4.78, 5) is 28.9. The van der Waals surface area contributed by atoms with Crippen LogP contribution in [0.15, 0.2) is 24.3 Å². The van der Waals surface area contributed by atoms with Crippen LogP contribution in [0.5, 0.6) is 0 Å². The Hall–Kier alpha value is -2.12. The van der Waals surface area contributed by atoms with Gasteiger partial charge < -0.3 is 20.9 Å². The molecule has 2 fully saturated rings. The van der Waals surface area contributed by atoms with Crippen molar-refractivity contribution in [3.63, 3.8) is 0 Å². The Morgan fingerprint density at radius 1 is 1.00 bits per heavy atom. The molecule has 7 heteroatoms. The van der Waals surface area contributed by atoms with Crippen molar-refractivity contribution in [2.24, 2.45) is 0 Å². The van der Waals surface area contributed by atoms with Crippen LogP contribution in [-0.4, -0.2) is 67.6 Å². The number of piperazine rings is 1. The third kappa shape index (κ3) is 8.87. The zero-order valence-corrected chi connectivity index (χ0v) is 19.0. The van der Waals surface area contributed by atoms with Crippen molar-refractivity contribution in [3.05, 3.63) is 35.4 Å². The first-order chi connectivity index (χ1) is 15.1. The fraction of sp³-hybridized carbons (Fsp3) is 0.667. The molecule has 0 radical (unpaired) electrons. The maximum atomic E-state index is 12.2. The SMILES string of the molecule is CN1CCN(Cc2cccc(CNC(=O)CCCNC(=O)NC3CCCCC3)c2)CC1. The van der Waals surface area contributed by atoms with Crippen LogP contribution in [0.25, 0.3) is 0 Å². The number of carbonyl (C=O) groups excluding carboxylic acids is 2. The first kappa shape index (κ1) is 23.5. The van der Waals surface area contributed by atoms with E-state index in [-0.39, 0.29) is 11.9 Å². The largest absolute Gasteiger partial charge is 0.352 e. The second-order valence-electron chi connectivity index (χ2n) is 9.01. The first-order valence-electron chi connectivity index (χ1n) is 11.9. The molecule has 31 heavy (non-hydrogen) atoms. The van der Waals surface area contributed by atoms with Gasteiger partial charge in [-0.05, 0) is 37.4 Å². The van der Waals surface area contributed by atoms with Crippen molar-refractivity contribution >= 4 is 11.9 Å². The van der Waals surface area contributed by atoms with E-state index in [1.54, 1.807) is 0 Å². The summed E-state index contributed by atoms with van der Waals surface area (Å²) in [6, 6.07) is 8.68. The van der Waals surface area contributed by atoms with Gasteiger partial charge in [-0.2, -0.15) is 0 Å². The molecule has 1 aliphatic carbocycles. The highest BCUT2D eigenvalue weighted by Crippen LogP contribution is 2.17. The van der Waals surface area contributed by atoms with E-state index in [0.29, 0.717) is 32.0 Å². The summed E-state index contributed by atoms with van der Waals surface area (Å²) in [5.74, 6) is 0.0268. The van der Waals surface area contributed by atoms with E-state index in [2.05, 4.69) is 57.1 Å². The molecule has 3 amide bonds. The predicted molar refractivity (Wildman–Crippen MR) is 124 cm³/mol. The predicted octanol–water partition coefficient (Wildman–Crippen LogP) is 2.46. The van der Waals surface area contributed by atoms with Gasteiger partial charge >= 0.3 is 6.03 Å². The number of hydrogen-bond acceptors (Lipinski definition) is 4. The second kappa shape index (κ2) is 12.7. The van der Waals surface area contributed by atoms with Gasteiger partial charge in [0, 0.05) is 58.3 Å². The van der Waals surface area contributed by atoms with E-state index < -0.39 is 0 Å². The molecule has 0 atom stereocenters. The van der Waals surface area contributed by atoms with Crippen LogP contribution in [0.1, 0.15) is 56.1 Å². The number of hydrogen-bond donors (Lipinski definition) is 3. The number of likely N-dealkylation sites (N-methyl/N-ethyl adjacent to an activating group) is 1. The summed E-state index contributed by atoms with van der Waals surface area (Å²) in [6.07, 6.45) is 6.89. The van der Waals surface area contributed by atoms with E-state index in [1.165, 1.54) is 24.8 Å². The van der Waals surface area contributed by atoms with Gasteiger partial charge in [0.25, 0.3) is 0 Å². The maximum absolute atomic E-state index is 12.2. The minimum atomic E-state index is -0.107. The molecule has 172 valence electrons. The number of nitrogens with zero attached hydrogens (tertiary/aromatic N) is 2. The Bertz CT molecular complexity index is 697. The van der Waals surface area contributed by atoms with Crippen molar-refractivity contribution in [2.45, 2.75) is 64.1 Å². The topological polar surface area (TPSA) is 76.7 Å². The van der Waals surface area contributed by atoms with Gasteiger partial charge in [0.2, 0.25) is 5.91 Å². The van der Waals surface area contributed by atoms with Gasteiger partial charge in [-0.1, -0.05) is 43.5 Å². The first-order valence-corrected chi connectivity index (χ1v) is 11.9. The van der Waals surface area contributed by atoms with Crippen LogP contribution in [0, 0.1) is 0 Å². The van der Waals surface area contributed by atoms with Crippen molar-refractivity contribution in [2.75, 3.05) is 39.8 Å². The molecule has 1 saturated carbocycles. The summed E-state index contributed by atoms with van der Waals surface area (Å²) in [7, 11) is 2.17. The summed E-state index contributed by atoms with van der Waals surface area (Å²) >= 11 is 0.